The minimum absolute atomic E-state index is 0.00903. The Morgan fingerprint density at radius 1 is 0.810 bits per heavy atom. The normalized spacial score (nSPS) is 10.9. The first kappa shape index (κ1) is 19.9. The van der Waals surface area contributed by atoms with E-state index in [1.807, 2.05) is 0 Å². The van der Waals surface area contributed by atoms with E-state index in [9.17, 15) is 14.4 Å². The van der Waals surface area contributed by atoms with Crippen molar-refractivity contribution in [2.75, 3.05) is 25.2 Å². The predicted molar refractivity (Wildman–Crippen MR) is 80.0 cm³/mol. The first-order chi connectivity index (χ1) is 10.0. The molecule has 0 atom stereocenters. The molecule has 0 aliphatic rings. The second kappa shape index (κ2) is 10.6. The van der Waals surface area contributed by atoms with Gasteiger partial charge in [-0.2, -0.15) is 0 Å². The number of unbranched alkanes of at least 4 members (excludes halogenated alkanes) is 1. The Hall–Kier alpha value is -1.11. The van der Waals surface area contributed by atoms with Gasteiger partial charge in [0.05, 0.1) is 19.8 Å². The highest BCUT2D eigenvalue weighted by Gasteiger charge is 2.56. The van der Waals surface area contributed by atoms with E-state index in [1.54, 1.807) is 20.8 Å². The van der Waals surface area contributed by atoms with Gasteiger partial charge in [0.2, 0.25) is 0 Å². The van der Waals surface area contributed by atoms with Crippen LogP contribution in [0.25, 0.3) is 0 Å². The fraction of sp³-hybridized carbons (Fsp3) is 0.786. The van der Waals surface area contributed by atoms with E-state index in [0.717, 1.165) is 0 Å². The molecule has 0 saturated carbocycles. The van der Waals surface area contributed by atoms with Gasteiger partial charge in [0.25, 0.3) is 5.41 Å². The number of esters is 3. The van der Waals surface area contributed by atoms with Crippen molar-refractivity contribution in [2.45, 2.75) is 40.0 Å². The van der Waals surface area contributed by atoms with Gasteiger partial charge in [-0.05, 0) is 33.6 Å². The molecule has 0 saturated heterocycles. The summed E-state index contributed by atoms with van der Waals surface area (Å²) in [7, 11) is 0. The zero-order chi connectivity index (χ0) is 16.3. The van der Waals surface area contributed by atoms with Crippen LogP contribution in [0.4, 0.5) is 0 Å². The zero-order valence-electron chi connectivity index (χ0n) is 12.8. The lowest BCUT2D eigenvalue weighted by Crippen LogP contribution is -2.49. The summed E-state index contributed by atoms with van der Waals surface area (Å²) >= 11 is 3.27. The molecule has 0 spiro atoms. The largest absolute Gasteiger partial charge is 0.465 e. The van der Waals surface area contributed by atoms with Crippen LogP contribution in [0.2, 0.25) is 0 Å². The number of hydrogen-bond acceptors (Lipinski definition) is 6. The van der Waals surface area contributed by atoms with Crippen LogP contribution in [0, 0.1) is 5.41 Å². The maximum absolute atomic E-state index is 12.3. The van der Waals surface area contributed by atoms with Gasteiger partial charge in [0.1, 0.15) is 0 Å². The van der Waals surface area contributed by atoms with E-state index in [1.165, 1.54) is 0 Å². The minimum atomic E-state index is -2.02. The molecule has 0 radical (unpaired) electrons. The van der Waals surface area contributed by atoms with E-state index in [0.29, 0.717) is 18.2 Å². The fourth-order valence-corrected chi connectivity index (χ4v) is 2.20. The number of alkyl halides is 1. The maximum atomic E-state index is 12.3. The summed E-state index contributed by atoms with van der Waals surface area (Å²) in [6, 6.07) is 0. The molecule has 0 aliphatic heterocycles. The van der Waals surface area contributed by atoms with E-state index in [-0.39, 0.29) is 26.2 Å². The number of halogens is 1. The van der Waals surface area contributed by atoms with Crippen LogP contribution in [-0.4, -0.2) is 43.1 Å². The summed E-state index contributed by atoms with van der Waals surface area (Å²) in [5, 5.41) is 0.706. The van der Waals surface area contributed by atoms with Crippen LogP contribution >= 0.6 is 15.9 Å². The summed E-state index contributed by atoms with van der Waals surface area (Å²) in [4.78, 5) is 36.8. The lowest BCUT2D eigenvalue weighted by molar-refractivity contribution is -0.184. The smallest absolute Gasteiger partial charge is 0.335 e. The average molecular weight is 367 g/mol. The Labute approximate surface area is 133 Å². The van der Waals surface area contributed by atoms with E-state index < -0.39 is 23.3 Å². The molecular weight excluding hydrogens is 344 g/mol. The van der Waals surface area contributed by atoms with Gasteiger partial charge >= 0.3 is 17.9 Å². The van der Waals surface area contributed by atoms with Gasteiger partial charge < -0.3 is 14.2 Å². The Morgan fingerprint density at radius 3 is 1.48 bits per heavy atom. The molecule has 0 bridgehead atoms. The Bertz CT molecular complexity index is 310. The Balaban J connectivity index is 5.51. The lowest BCUT2D eigenvalue weighted by atomic mass is 9.82. The minimum Gasteiger partial charge on any atom is -0.465 e. The molecule has 0 rings (SSSR count). The molecule has 0 aromatic carbocycles. The lowest BCUT2D eigenvalue weighted by Gasteiger charge is -2.26. The Kier molecular flexibility index (Phi) is 10.0. The molecule has 0 fully saturated rings. The highest BCUT2D eigenvalue weighted by atomic mass is 79.9. The van der Waals surface area contributed by atoms with Crippen molar-refractivity contribution in [3.63, 3.8) is 0 Å². The second-order valence-corrected chi connectivity index (χ2v) is 5.01. The predicted octanol–water partition coefficient (Wildman–Crippen LogP) is 2.23. The third-order valence-corrected chi connectivity index (χ3v) is 3.37. The standard InChI is InChI=1S/C14H23BrO6/c1-4-19-11(16)14(9-7-8-10-15,12(17)20-5-2)13(18)21-6-3/h4-10H2,1-3H3. The molecule has 21 heavy (non-hydrogen) atoms. The maximum Gasteiger partial charge on any atom is 0.335 e. The van der Waals surface area contributed by atoms with Crippen molar-refractivity contribution in [1.29, 1.82) is 0 Å². The van der Waals surface area contributed by atoms with Crippen molar-refractivity contribution in [2.24, 2.45) is 5.41 Å². The molecule has 0 amide bonds. The van der Waals surface area contributed by atoms with Gasteiger partial charge in [-0.15, -0.1) is 0 Å². The monoisotopic (exact) mass is 366 g/mol. The molecule has 0 aliphatic carbocycles. The van der Waals surface area contributed by atoms with Crippen LogP contribution in [0.3, 0.4) is 0 Å². The quantitative estimate of drug-likeness (QED) is 0.194. The highest BCUT2D eigenvalue weighted by Crippen LogP contribution is 2.31. The van der Waals surface area contributed by atoms with E-state index in [2.05, 4.69) is 15.9 Å². The summed E-state index contributed by atoms with van der Waals surface area (Å²) in [6.07, 6.45) is 1.21. The molecule has 0 aromatic rings. The second-order valence-electron chi connectivity index (χ2n) is 4.21. The zero-order valence-corrected chi connectivity index (χ0v) is 14.4. The van der Waals surface area contributed by atoms with Crippen molar-refractivity contribution in [3.8, 4) is 0 Å². The summed E-state index contributed by atoms with van der Waals surface area (Å²) in [6.45, 7) is 5.03. The van der Waals surface area contributed by atoms with E-state index >= 15 is 0 Å². The molecule has 0 unspecified atom stereocenters. The van der Waals surface area contributed by atoms with Gasteiger partial charge in [0, 0.05) is 5.33 Å². The number of hydrogen-bond donors (Lipinski definition) is 0. The third kappa shape index (κ3) is 5.30. The first-order valence-corrected chi connectivity index (χ1v) is 8.20. The SMILES string of the molecule is CCOC(=O)C(CCCCBr)(C(=O)OCC)C(=O)OCC. The van der Waals surface area contributed by atoms with Crippen LogP contribution in [0.1, 0.15) is 40.0 Å². The molecule has 122 valence electrons. The molecule has 7 heteroatoms. The van der Waals surface area contributed by atoms with Gasteiger partial charge in [0.15, 0.2) is 0 Å². The summed E-state index contributed by atoms with van der Waals surface area (Å²) in [5.74, 6) is -2.72. The van der Waals surface area contributed by atoms with Gasteiger partial charge in [-0.3, -0.25) is 14.4 Å². The number of rotatable bonds is 10. The van der Waals surface area contributed by atoms with Crippen LogP contribution in [0.5, 0.6) is 0 Å². The number of ether oxygens (including phenoxy) is 3. The molecule has 0 aromatic heterocycles. The van der Waals surface area contributed by atoms with Crippen molar-refractivity contribution in [1.82, 2.24) is 0 Å². The average Bonchev–Trinajstić information content (AvgIpc) is 2.44. The topological polar surface area (TPSA) is 78.9 Å². The third-order valence-electron chi connectivity index (χ3n) is 2.81. The van der Waals surface area contributed by atoms with Crippen molar-refractivity contribution < 1.29 is 28.6 Å². The van der Waals surface area contributed by atoms with E-state index in [4.69, 9.17) is 14.2 Å². The van der Waals surface area contributed by atoms with Crippen molar-refractivity contribution >= 4 is 33.8 Å². The van der Waals surface area contributed by atoms with Crippen LogP contribution < -0.4 is 0 Å². The molecule has 0 N–H and O–H groups in total. The van der Waals surface area contributed by atoms with Crippen LogP contribution in [-0.2, 0) is 28.6 Å². The molecule has 0 heterocycles. The first-order valence-electron chi connectivity index (χ1n) is 7.08. The Morgan fingerprint density at radius 2 is 1.19 bits per heavy atom. The van der Waals surface area contributed by atoms with Gasteiger partial charge in [-0.25, -0.2) is 0 Å². The summed E-state index contributed by atoms with van der Waals surface area (Å²) in [5.41, 5.74) is -2.02. The van der Waals surface area contributed by atoms with Crippen LogP contribution in [0.15, 0.2) is 0 Å². The van der Waals surface area contributed by atoms with Gasteiger partial charge in [-0.1, -0.05) is 22.4 Å². The number of carbonyl (C=O) groups excluding carboxylic acids is 3. The van der Waals surface area contributed by atoms with Crippen molar-refractivity contribution in [3.05, 3.63) is 0 Å². The fourth-order valence-electron chi connectivity index (χ4n) is 1.80. The highest BCUT2D eigenvalue weighted by molar-refractivity contribution is 9.09. The number of carbonyl (C=O) groups is 3. The molecule has 6 nitrogen and oxygen atoms in total. The molecular formula is C14H23BrO6. The summed E-state index contributed by atoms with van der Waals surface area (Å²) < 4.78 is 14.8.